The topological polar surface area (TPSA) is 64.3 Å². The molecule has 0 radical (unpaired) electrons. The minimum atomic E-state index is 0.253. The van der Waals surface area contributed by atoms with Crippen LogP contribution in [0.25, 0.3) is 0 Å². The van der Waals surface area contributed by atoms with E-state index in [9.17, 15) is 0 Å². The maximum absolute atomic E-state index is 5.59. The minimum Gasteiger partial charge on any atom is -0.383 e. The average molecular weight is 210 g/mol. The van der Waals surface area contributed by atoms with Gasteiger partial charge >= 0.3 is 0 Å². The van der Waals surface area contributed by atoms with Crippen molar-refractivity contribution in [2.75, 3.05) is 31.4 Å². The summed E-state index contributed by atoms with van der Waals surface area (Å²) in [5, 5.41) is 0. The third-order valence-electron chi connectivity index (χ3n) is 2.29. The summed E-state index contributed by atoms with van der Waals surface area (Å²) in [6, 6.07) is 2.16. The third-order valence-corrected chi connectivity index (χ3v) is 2.29. The van der Waals surface area contributed by atoms with Gasteiger partial charge in [-0.1, -0.05) is 0 Å². The maximum Gasteiger partial charge on any atom is 0.222 e. The summed E-state index contributed by atoms with van der Waals surface area (Å²) in [5.74, 6) is 1.13. The number of nitrogens with zero attached hydrogens (tertiary/aromatic N) is 3. The first-order valence-electron chi connectivity index (χ1n) is 4.87. The number of aromatic nitrogens is 2. The van der Waals surface area contributed by atoms with E-state index in [-0.39, 0.29) is 6.04 Å². The summed E-state index contributed by atoms with van der Waals surface area (Å²) in [7, 11) is 3.65. The summed E-state index contributed by atoms with van der Waals surface area (Å²) in [5.41, 5.74) is 6.46. The minimum absolute atomic E-state index is 0.253. The van der Waals surface area contributed by atoms with Gasteiger partial charge in [-0.3, -0.25) is 0 Å². The SMILES string of the molecule is COCC(C)N(C)c1cc(C)nc(N)n1. The number of anilines is 2. The standard InChI is InChI=1S/C10H18N4O/c1-7-5-9(13-10(11)12-7)14(3)8(2)6-15-4/h5,8H,6H2,1-4H3,(H2,11,12,13). The molecular weight excluding hydrogens is 192 g/mol. The molecule has 0 spiro atoms. The predicted molar refractivity (Wildman–Crippen MR) is 60.9 cm³/mol. The van der Waals surface area contributed by atoms with Crippen LogP contribution < -0.4 is 10.6 Å². The number of methoxy groups -OCH3 is 1. The highest BCUT2D eigenvalue weighted by atomic mass is 16.5. The Balaban J connectivity index is 2.85. The fourth-order valence-electron chi connectivity index (χ4n) is 1.33. The Labute approximate surface area is 90.3 Å². The van der Waals surface area contributed by atoms with E-state index in [0.29, 0.717) is 12.6 Å². The quantitative estimate of drug-likeness (QED) is 0.797. The molecule has 5 heteroatoms. The van der Waals surface area contributed by atoms with Gasteiger partial charge in [0.2, 0.25) is 5.95 Å². The zero-order valence-electron chi connectivity index (χ0n) is 9.69. The molecule has 0 aromatic carbocycles. The summed E-state index contributed by atoms with van der Waals surface area (Å²) in [4.78, 5) is 10.2. The van der Waals surface area contributed by atoms with Gasteiger partial charge in [-0.15, -0.1) is 0 Å². The van der Waals surface area contributed by atoms with Crippen LogP contribution in [0, 0.1) is 6.92 Å². The van der Waals surface area contributed by atoms with Crippen LogP contribution in [0.1, 0.15) is 12.6 Å². The molecule has 0 saturated carbocycles. The van der Waals surface area contributed by atoms with Gasteiger partial charge in [0.1, 0.15) is 5.82 Å². The third kappa shape index (κ3) is 3.06. The number of likely N-dealkylation sites (N-methyl/N-ethyl adjacent to an activating group) is 1. The van der Waals surface area contributed by atoms with Crippen LogP contribution in [-0.2, 0) is 4.74 Å². The van der Waals surface area contributed by atoms with Gasteiger partial charge in [-0.2, -0.15) is 4.98 Å². The van der Waals surface area contributed by atoms with E-state index < -0.39 is 0 Å². The highest BCUT2D eigenvalue weighted by Crippen LogP contribution is 2.14. The Morgan fingerprint density at radius 2 is 2.20 bits per heavy atom. The highest BCUT2D eigenvalue weighted by Gasteiger charge is 2.11. The Bertz CT molecular complexity index is 309. The van der Waals surface area contributed by atoms with Crippen LogP contribution in [-0.4, -0.2) is 36.8 Å². The van der Waals surface area contributed by atoms with Gasteiger partial charge in [-0.25, -0.2) is 4.98 Å². The number of rotatable bonds is 4. The van der Waals surface area contributed by atoms with E-state index in [2.05, 4.69) is 16.9 Å². The van der Waals surface area contributed by atoms with Gasteiger partial charge in [0.25, 0.3) is 0 Å². The lowest BCUT2D eigenvalue weighted by Crippen LogP contribution is -2.33. The van der Waals surface area contributed by atoms with Gasteiger partial charge in [-0.05, 0) is 13.8 Å². The van der Waals surface area contributed by atoms with Crippen molar-refractivity contribution in [1.82, 2.24) is 9.97 Å². The molecule has 1 heterocycles. The molecule has 1 rings (SSSR count). The molecule has 0 amide bonds. The summed E-state index contributed by atoms with van der Waals surface area (Å²) < 4.78 is 5.09. The first kappa shape index (κ1) is 11.7. The fraction of sp³-hybridized carbons (Fsp3) is 0.600. The van der Waals surface area contributed by atoms with Crippen LogP contribution in [0.5, 0.6) is 0 Å². The lowest BCUT2D eigenvalue weighted by Gasteiger charge is -2.25. The fourth-order valence-corrected chi connectivity index (χ4v) is 1.33. The van der Waals surface area contributed by atoms with Crippen LogP contribution in [0.15, 0.2) is 6.07 Å². The molecule has 0 saturated heterocycles. The van der Waals surface area contributed by atoms with Gasteiger partial charge < -0.3 is 15.4 Å². The highest BCUT2D eigenvalue weighted by molar-refractivity contribution is 5.43. The Kier molecular flexibility index (Phi) is 3.85. The monoisotopic (exact) mass is 210 g/mol. The molecule has 5 nitrogen and oxygen atoms in total. The van der Waals surface area contributed by atoms with E-state index in [1.165, 1.54) is 0 Å². The maximum atomic E-state index is 5.59. The van der Waals surface area contributed by atoms with Gasteiger partial charge in [0.15, 0.2) is 0 Å². The lowest BCUT2D eigenvalue weighted by molar-refractivity contribution is 0.183. The molecule has 1 aromatic heterocycles. The second-order valence-electron chi connectivity index (χ2n) is 3.64. The molecule has 1 atom stereocenters. The Hall–Kier alpha value is -1.36. The van der Waals surface area contributed by atoms with Crippen LogP contribution in [0.2, 0.25) is 0 Å². The zero-order valence-corrected chi connectivity index (χ0v) is 9.69. The molecular formula is C10H18N4O. The zero-order chi connectivity index (χ0) is 11.4. The first-order chi connectivity index (χ1) is 7.04. The van der Waals surface area contributed by atoms with Crippen molar-refractivity contribution in [1.29, 1.82) is 0 Å². The van der Waals surface area contributed by atoms with E-state index in [0.717, 1.165) is 11.5 Å². The largest absolute Gasteiger partial charge is 0.383 e. The number of ether oxygens (including phenoxy) is 1. The van der Waals surface area contributed by atoms with Crippen molar-refractivity contribution in [3.63, 3.8) is 0 Å². The molecule has 84 valence electrons. The van der Waals surface area contributed by atoms with Crippen LogP contribution >= 0.6 is 0 Å². The van der Waals surface area contributed by atoms with E-state index in [1.54, 1.807) is 7.11 Å². The molecule has 1 aromatic rings. The predicted octanol–water partition coefficient (Wildman–Crippen LogP) is 0.838. The lowest BCUT2D eigenvalue weighted by atomic mass is 10.3. The number of nitrogen functional groups attached to an aromatic ring is 1. The molecule has 0 aliphatic heterocycles. The van der Waals surface area contributed by atoms with E-state index >= 15 is 0 Å². The number of aryl methyl sites for hydroxylation is 1. The summed E-state index contributed by atoms with van der Waals surface area (Å²) >= 11 is 0. The summed E-state index contributed by atoms with van der Waals surface area (Å²) in [6.07, 6.45) is 0. The van der Waals surface area contributed by atoms with Crippen molar-refractivity contribution < 1.29 is 4.74 Å². The molecule has 0 aliphatic carbocycles. The molecule has 0 bridgehead atoms. The molecule has 2 N–H and O–H groups in total. The van der Waals surface area contributed by atoms with E-state index in [4.69, 9.17) is 10.5 Å². The average Bonchev–Trinajstić information content (AvgIpc) is 2.15. The van der Waals surface area contributed by atoms with Crippen LogP contribution in [0.4, 0.5) is 11.8 Å². The summed E-state index contributed by atoms with van der Waals surface area (Å²) in [6.45, 7) is 4.62. The molecule has 0 aliphatic rings. The van der Waals surface area contributed by atoms with Gasteiger partial charge in [0, 0.05) is 25.9 Å². The normalized spacial score (nSPS) is 12.5. The Morgan fingerprint density at radius 1 is 1.53 bits per heavy atom. The number of nitrogens with two attached hydrogens (primary N) is 1. The van der Waals surface area contributed by atoms with Crippen molar-refractivity contribution in [2.24, 2.45) is 0 Å². The second kappa shape index (κ2) is 4.93. The van der Waals surface area contributed by atoms with Crippen molar-refractivity contribution in [3.8, 4) is 0 Å². The van der Waals surface area contributed by atoms with Crippen molar-refractivity contribution >= 4 is 11.8 Å². The van der Waals surface area contributed by atoms with E-state index in [1.807, 2.05) is 24.9 Å². The molecule has 1 unspecified atom stereocenters. The number of hydrogen-bond donors (Lipinski definition) is 1. The van der Waals surface area contributed by atoms with Gasteiger partial charge in [0.05, 0.1) is 12.6 Å². The smallest absolute Gasteiger partial charge is 0.222 e. The Morgan fingerprint density at radius 3 is 2.73 bits per heavy atom. The number of hydrogen-bond acceptors (Lipinski definition) is 5. The van der Waals surface area contributed by atoms with Crippen molar-refractivity contribution in [3.05, 3.63) is 11.8 Å². The molecule has 0 fully saturated rings. The van der Waals surface area contributed by atoms with Crippen molar-refractivity contribution in [2.45, 2.75) is 19.9 Å². The van der Waals surface area contributed by atoms with Crippen LogP contribution in [0.3, 0.4) is 0 Å². The second-order valence-corrected chi connectivity index (χ2v) is 3.64. The molecule has 15 heavy (non-hydrogen) atoms. The first-order valence-corrected chi connectivity index (χ1v) is 4.87.